The number of hydrogen-bond acceptors (Lipinski definition) is 2. The van der Waals surface area contributed by atoms with Crippen LogP contribution in [0.2, 0.25) is 0 Å². The van der Waals surface area contributed by atoms with Crippen LogP contribution in [0.5, 0.6) is 0 Å². The Kier molecular flexibility index (Phi) is 2.90. The summed E-state index contributed by atoms with van der Waals surface area (Å²) in [5.74, 6) is -0.904. The Morgan fingerprint density at radius 1 is 1.47 bits per heavy atom. The SMILES string of the molecule is CC(C)n1c(CN)cc2cccc(C(=O)O)c21. The molecule has 0 saturated heterocycles. The number of hydrogen-bond donors (Lipinski definition) is 2. The number of carbonyl (C=O) groups is 1. The molecule has 0 aliphatic heterocycles. The number of benzene rings is 1. The summed E-state index contributed by atoms with van der Waals surface area (Å²) >= 11 is 0. The third kappa shape index (κ3) is 1.80. The summed E-state index contributed by atoms with van der Waals surface area (Å²) in [4.78, 5) is 11.2. The van der Waals surface area contributed by atoms with Crippen LogP contribution in [-0.2, 0) is 6.54 Å². The maximum Gasteiger partial charge on any atom is 0.337 e. The molecule has 2 aromatic rings. The summed E-state index contributed by atoms with van der Waals surface area (Å²) < 4.78 is 2.00. The van der Waals surface area contributed by atoms with Crippen molar-refractivity contribution in [3.63, 3.8) is 0 Å². The highest BCUT2D eigenvalue weighted by Gasteiger charge is 2.16. The molecule has 90 valence electrons. The summed E-state index contributed by atoms with van der Waals surface area (Å²) in [5.41, 5.74) is 7.76. The Morgan fingerprint density at radius 3 is 2.71 bits per heavy atom. The zero-order valence-electron chi connectivity index (χ0n) is 9.97. The van der Waals surface area contributed by atoms with Crippen molar-refractivity contribution in [2.24, 2.45) is 5.73 Å². The van der Waals surface area contributed by atoms with E-state index >= 15 is 0 Å². The average molecular weight is 232 g/mol. The molecule has 2 rings (SSSR count). The highest BCUT2D eigenvalue weighted by molar-refractivity contribution is 6.02. The van der Waals surface area contributed by atoms with Crippen molar-refractivity contribution in [3.8, 4) is 0 Å². The number of carboxylic acid groups (broad SMARTS) is 1. The quantitative estimate of drug-likeness (QED) is 0.853. The molecule has 0 unspecified atom stereocenters. The van der Waals surface area contributed by atoms with Gasteiger partial charge in [0.2, 0.25) is 0 Å². The van der Waals surface area contributed by atoms with Gasteiger partial charge in [-0.3, -0.25) is 0 Å². The number of aromatic nitrogens is 1. The van der Waals surface area contributed by atoms with Crippen LogP contribution in [0, 0.1) is 0 Å². The van der Waals surface area contributed by atoms with Crippen LogP contribution in [0.1, 0.15) is 35.9 Å². The molecule has 1 aromatic heterocycles. The standard InChI is InChI=1S/C13H16N2O2/c1-8(2)15-10(7-14)6-9-4-3-5-11(12(9)15)13(16)17/h3-6,8H,7,14H2,1-2H3,(H,16,17). The average Bonchev–Trinajstić information content (AvgIpc) is 2.66. The first kappa shape index (κ1) is 11.7. The molecule has 17 heavy (non-hydrogen) atoms. The Morgan fingerprint density at radius 2 is 2.18 bits per heavy atom. The predicted molar refractivity (Wildman–Crippen MR) is 67.2 cm³/mol. The number of nitrogens with zero attached hydrogens (tertiary/aromatic N) is 1. The zero-order chi connectivity index (χ0) is 12.6. The Bertz CT molecular complexity index is 570. The fourth-order valence-electron chi connectivity index (χ4n) is 2.26. The lowest BCUT2D eigenvalue weighted by Crippen LogP contribution is -2.11. The molecule has 0 amide bonds. The van der Waals surface area contributed by atoms with E-state index in [2.05, 4.69) is 0 Å². The molecule has 4 heteroatoms. The van der Waals surface area contributed by atoms with Gasteiger partial charge in [-0.05, 0) is 26.0 Å². The van der Waals surface area contributed by atoms with Gasteiger partial charge in [0.1, 0.15) is 0 Å². The molecule has 3 N–H and O–H groups in total. The second-order valence-corrected chi connectivity index (χ2v) is 4.35. The monoisotopic (exact) mass is 232 g/mol. The van der Waals surface area contributed by atoms with Gasteiger partial charge >= 0.3 is 5.97 Å². The number of aromatic carboxylic acids is 1. The number of para-hydroxylation sites is 1. The summed E-state index contributed by atoms with van der Waals surface area (Å²) in [7, 11) is 0. The molecule has 0 bridgehead atoms. The van der Waals surface area contributed by atoms with E-state index in [0.717, 1.165) is 16.6 Å². The first-order valence-corrected chi connectivity index (χ1v) is 5.62. The Balaban J connectivity index is 2.86. The third-order valence-corrected chi connectivity index (χ3v) is 2.90. The molecule has 1 heterocycles. The Hall–Kier alpha value is -1.81. The van der Waals surface area contributed by atoms with E-state index < -0.39 is 5.97 Å². The van der Waals surface area contributed by atoms with Crippen LogP contribution in [-0.4, -0.2) is 15.6 Å². The molecule has 0 saturated carbocycles. The highest BCUT2D eigenvalue weighted by atomic mass is 16.4. The van der Waals surface area contributed by atoms with Gasteiger partial charge in [-0.1, -0.05) is 12.1 Å². The normalized spacial score (nSPS) is 11.3. The van der Waals surface area contributed by atoms with Crippen molar-refractivity contribution >= 4 is 16.9 Å². The van der Waals surface area contributed by atoms with Crippen LogP contribution in [0.4, 0.5) is 0 Å². The van der Waals surface area contributed by atoms with E-state index in [4.69, 9.17) is 5.73 Å². The molecule has 0 radical (unpaired) electrons. The lowest BCUT2D eigenvalue weighted by atomic mass is 10.1. The molecule has 4 nitrogen and oxygen atoms in total. The lowest BCUT2D eigenvalue weighted by Gasteiger charge is -2.14. The fourth-order valence-corrected chi connectivity index (χ4v) is 2.26. The summed E-state index contributed by atoms with van der Waals surface area (Å²) in [6.45, 7) is 4.46. The molecule has 0 aliphatic carbocycles. The maximum absolute atomic E-state index is 11.2. The molecule has 0 spiro atoms. The molecular formula is C13H16N2O2. The van der Waals surface area contributed by atoms with Crippen LogP contribution < -0.4 is 5.73 Å². The predicted octanol–water partition coefficient (Wildman–Crippen LogP) is 2.38. The van der Waals surface area contributed by atoms with Gasteiger partial charge in [-0.25, -0.2) is 4.79 Å². The molecule has 0 atom stereocenters. The maximum atomic E-state index is 11.2. The van der Waals surface area contributed by atoms with Crippen LogP contribution in [0.15, 0.2) is 24.3 Å². The van der Waals surface area contributed by atoms with Crippen molar-refractivity contribution < 1.29 is 9.90 Å². The molecule has 0 aliphatic rings. The minimum atomic E-state index is -0.904. The highest BCUT2D eigenvalue weighted by Crippen LogP contribution is 2.27. The van der Waals surface area contributed by atoms with E-state index in [0.29, 0.717) is 12.1 Å². The number of nitrogens with two attached hydrogens (primary N) is 1. The Labute approximate surface area is 99.7 Å². The molecule has 0 fully saturated rings. The largest absolute Gasteiger partial charge is 0.478 e. The number of rotatable bonds is 3. The smallest absolute Gasteiger partial charge is 0.337 e. The zero-order valence-corrected chi connectivity index (χ0v) is 9.97. The van der Waals surface area contributed by atoms with E-state index in [-0.39, 0.29) is 6.04 Å². The van der Waals surface area contributed by atoms with Crippen LogP contribution in [0.3, 0.4) is 0 Å². The number of carboxylic acids is 1. The second kappa shape index (κ2) is 4.22. The van der Waals surface area contributed by atoms with Crippen LogP contribution in [0.25, 0.3) is 10.9 Å². The fraction of sp³-hybridized carbons (Fsp3) is 0.308. The molecular weight excluding hydrogens is 216 g/mol. The van der Waals surface area contributed by atoms with Gasteiger partial charge in [0.25, 0.3) is 0 Å². The minimum Gasteiger partial charge on any atom is -0.478 e. The topological polar surface area (TPSA) is 68.2 Å². The van der Waals surface area contributed by atoms with Crippen molar-refractivity contribution in [1.82, 2.24) is 4.57 Å². The van der Waals surface area contributed by atoms with E-state index in [1.54, 1.807) is 12.1 Å². The summed E-state index contributed by atoms with van der Waals surface area (Å²) in [6, 6.07) is 7.45. The van der Waals surface area contributed by atoms with Gasteiger partial charge in [-0.2, -0.15) is 0 Å². The van der Waals surface area contributed by atoms with Crippen molar-refractivity contribution in [2.45, 2.75) is 26.4 Å². The van der Waals surface area contributed by atoms with Crippen molar-refractivity contribution in [3.05, 3.63) is 35.5 Å². The van der Waals surface area contributed by atoms with E-state index in [1.807, 2.05) is 30.5 Å². The van der Waals surface area contributed by atoms with E-state index in [9.17, 15) is 9.90 Å². The van der Waals surface area contributed by atoms with Gasteiger partial charge in [-0.15, -0.1) is 0 Å². The van der Waals surface area contributed by atoms with Crippen molar-refractivity contribution in [2.75, 3.05) is 0 Å². The van der Waals surface area contributed by atoms with Gasteiger partial charge in [0.05, 0.1) is 11.1 Å². The molecule has 1 aromatic carbocycles. The van der Waals surface area contributed by atoms with Gasteiger partial charge < -0.3 is 15.4 Å². The second-order valence-electron chi connectivity index (χ2n) is 4.35. The number of fused-ring (bicyclic) bond motifs is 1. The first-order chi connectivity index (χ1) is 8.06. The summed E-state index contributed by atoms with van der Waals surface area (Å²) in [6.07, 6.45) is 0. The lowest BCUT2D eigenvalue weighted by molar-refractivity contribution is 0.0698. The minimum absolute atomic E-state index is 0.187. The van der Waals surface area contributed by atoms with Crippen LogP contribution >= 0.6 is 0 Å². The van der Waals surface area contributed by atoms with Gasteiger partial charge in [0, 0.05) is 23.7 Å². The van der Waals surface area contributed by atoms with Crippen molar-refractivity contribution in [1.29, 1.82) is 0 Å². The first-order valence-electron chi connectivity index (χ1n) is 5.62. The summed E-state index contributed by atoms with van der Waals surface area (Å²) in [5, 5.41) is 10.2. The van der Waals surface area contributed by atoms with Gasteiger partial charge in [0.15, 0.2) is 0 Å². The third-order valence-electron chi connectivity index (χ3n) is 2.90. The van der Waals surface area contributed by atoms with E-state index in [1.165, 1.54) is 0 Å².